The number of ether oxygens (including phenoxy) is 1. The Bertz CT molecular complexity index is 1200. The van der Waals surface area contributed by atoms with Crippen molar-refractivity contribution in [3.05, 3.63) is 67.8 Å². The molecule has 36 heavy (non-hydrogen) atoms. The van der Waals surface area contributed by atoms with Crippen LogP contribution in [-0.4, -0.2) is 41.4 Å². The van der Waals surface area contributed by atoms with Gasteiger partial charge in [0.1, 0.15) is 5.69 Å². The van der Waals surface area contributed by atoms with Crippen LogP contribution in [0.1, 0.15) is 35.7 Å². The minimum absolute atomic E-state index is 0.213. The van der Waals surface area contributed by atoms with Gasteiger partial charge in [-0.25, -0.2) is 4.79 Å². The highest BCUT2D eigenvalue weighted by Crippen LogP contribution is 2.37. The van der Waals surface area contributed by atoms with Gasteiger partial charge in [-0.05, 0) is 37.0 Å². The average molecular weight is 510 g/mol. The van der Waals surface area contributed by atoms with Crippen molar-refractivity contribution in [3.63, 3.8) is 0 Å². The lowest BCUT2D eigenvalue weighted by Crippen LogP contribution is -2.34. The van der Waals surface area contributed by atoms with Crippen LogP contribution in [0.15, 0.2) is 36.4 Å². The fourth-order valence-electron chi connectivity index (χ4n) is 3.86. The monoisotopic (exact) mass is 510 g/mol. The minimum Gasteiger partial charge on any atom is -0.452 e. The van der Waals surface area contributed by atoms with Gasteiger partial charge in [-0.15, -0.1) is 0 Å². The van der Waals surface area contributed by atoms with E-state index in [2.05, 4.69) is 0 Å². The van der Waals surface area contributed by atoms with Crippen LogP contribution in [-0.2, 0) is 15.7 Å². The number of rotatable bonds is 7. The Hall–Kier alpha value is -4.23. The molecule has 1 atom stereocenters. The van der Waals surface area contributed by atoms with Crippen molar-refractivity contribution in [1.29, 1.82) is 0 Å². The Morgan fingerprint density at radius 3 is 2.47 bits per heavy atom. The van der Waals surface area contributed by atoms with Gasteiger partial charge in [0.2, 0.25) is 0 Å². The predicted molar refractivity (Wildman–Crippen MR) is 121 cm³/mol. The van der Waals surface area contributed by atoms with Gasteiger partial charge in [0.25, 0.3) is 17.3 Å². The van der Waals surface area contributed by atoms with Gasteiger partial charge in [0.15, 0.2) is 6.61 Å². The van der Waals surface area contributed by atoms with E-state index in [-0.39, 0.29) is 17.3 Å². The Kier molecular flexibility index (Phi) is 7.75. The predicted octanol–water partition coefficient (Wildman–Crippen LogP) is 4.55. The molecule has 0 spiro atoms. The van der Waals surface area contributed by atoms with Crippen LogP contribution in [0, 0.1) is 26.1 Å². The lowest BCUT2D eigenvalue weighted by molar-refractivity contribution is -0.385. The molecule has 1 aliphatic rings. The van der Waals surface area contributed by atoms with Crippen LogP contribution >= 0.6 is 0 Å². The standard InChI is InChI=1S/C22H21F3N4O7/c1-13-3-2-8-27(11-13)18-7-4-14(9-19(18)29(34)35)21(31)36-12-20(30)26-17-6-5-15(28(32)33)10-16(17)22(23,24)25/h4-7,9-10,13H,2-3,8,11-12H2,1H3,(H,26,30)/t13-/m0/s1. The number of nitrogens with one attached hydrogen (secondary N) is 1. The molecule has 2 aromatic carbocycles. The number of hydrogen-bond donors (Lipinski definition) is 1. The van der Waals surface area contributed by atoms with E-state index >= 15 is 0 Å². The summed E-state index contributed by atoms with van der Waals surface area (Å²) in [5.74, 6) is -1.89. The van der Waals surface area contributed by atoms with E-state index in [1.54, 1.807) is 0 Å². The fraction of sp³-hybridized carbons (Fsp3) is 0.364. The smallest absolute Gasteiger partial charge is 0.418 e. The zero-order valence-electron chi connectivity index (χ0n) is 18.9. The Morgan fingerprint density at radius 1 is 1.14 bits per heavy atom. The fourth-order valence-corrected chi connectivity index (χ4v) is 3.86. The molecule has 1 amide bonds. The van der Waals surface area contributed by atoms with E-state index in [1.165, 1.54) is 12.1 Å². The number of benzene rings is 2. The minimum atomic E-state index is -5.00. The number of non-ortho nitro benzene ring substituents is 1. The van der Waals surface area contributed by atoms with Crippen molar-refractivity contribution in [2.75, 3.05) is 29.9 Å². The van der Waals surface area contributed by atoms with Gasteiger partial charge in [-0.1, -0.05) is 6.92 Å². The third-order valence-corrected chi connectivity index (χ3v) is 5.53. The molecule has 192 valence electrons. The second kappa shape index (κ2) is 10.6. The lowest BCUT2D eigenvalue weighted by atomic mass is 9.99. The highest BCUT2D eigenvalue weighted by molar-refractivity contribution is 5.96. The Balaban J connectivity index is 1.70. The third kappa shape index (κ3) is 6.25. The zero-order chi connectivity index (χ0) is 26.6. The van der Waals surface area contributed by atoms with Crippen molar-refractivity contribution in [1.82, 2.24) is 0 Å². The molecule has 0 saturated carbocycles. The number of esters is 1. The molecule has 14 heteroatoms. The molecular weight excluding hydrogens is 489 g/mol. The maximum Gasteiger partial charge on any atom is 0.418 e. The van der Waals surface area contributed by atoms with Crippen LogP contribution in [0.2, 0.25) is 0 Å². The number of nitro groups is 2. The molecule has 1 saturated heterocycles. The number of anilines is 2. The second-order valence-corrected chi connectivity index (χ2v) is 8.26. The summed E-state index contributed by atoms with van der Waals surface area (Å²) >= 11 is 0. The van der Waals surface area contributed by atoms with Gasteiger partial charge in [-0.2, -0.15) is 13.2 Å². The van der Waals surface area contributed by atoms with Crippen LogP contribution < -0.4 is 10.2 Å². The van der Waals surface area contributed by atoms with Crippen molar-refractivity contribution in [2.24, 2.45) is 5.92 Å². The lowest BCUT2D eigenvalue weighted by Gasteiger charge is -2.32. The molecular formula is C22H21F3N4O7. The first-order valence-electron chi connectivity index (χ1n) is 10.7. The van der Waals surface area contributed by atoms with Crippen molar-refractivity contribution >= 4 is 34.6 Å². The van der Waals surface area contributed by atoms with Crippen molar-refractivity contribution in [3.8, 4) is 0 Å². The maximum atomic E-state index is 13.3. The first kappa shape index (κ1) is 26.4. The van der Waals surface area contributed by atoms with Gasteiger partial charge in [0, 0.05) is 31.3 Å². The third-order valence-electron chi connectivity index (χ3n) is 5.53. The first-order chi connectivity index (χ1) is 16.9. The first-order valence-corrected chi connectivity index (χ1v) is 10.7. The molecule has 1 N–H and O–H groups in total. The molecule has 0 unspecified atom stereocenters. The zero-order valence-corrected chi connectivity index (χ0v) is 18.9. The Labute approximate surface area is 202 Å². The molecule has 2 aromatic rings. The number of amides is 1. The van der Waals surface area contributed by atoms with E-state index < -0.39 is 51.4 Å². The van der Waals surface area contributed by atoms with E-state index in [0.717, 1.165) is 25.0 Å². The number of carbonyl (C=O) groups excluding carboxylic acids is 2. The maximum absolute atomic E-state index is 13.3. The quantitative estimate of drug-likeness (QED) is 0.324. The molecule has 0 aromatic heterocycles. The molecule has 0 bridgehead atoms. The van der Waals surface area contributed by atoms with Gasteiger partial charge >= 0.3 is 12.1 Å². The van der Waals surface area contributed by atoms with Gasteiger partial charge in [-0.3, -0.25) is 25.0 Å². The molecule has 0 aliphatic carbocycles. The molecule has 1 aliphatic heterocycles. The molecule has 3 rings (SSSR count). The summed E-state index contributed by atoms with van der Waals surface area (Å²) in [7, 11) is 0. The van der Waals surface area contributed by atoms with E-state index in [1.807, 2.05) is 17.1 Å². The number of nitrogens with zero attached hydrogens (tertiary/aromatic N) is 3. The van der Waals surface area contributed by atoms with E-state index in [4.69, 9.17) is 4.74 Å². The number of hydrogen-bond acceptors (Lipinski definition) is 8. The van der Waals surface area contributed by atoms with Crippen LogP contribution in [0.4, 0.5) is 35.9 Å². The highest BCUT2D eigenvalue weighted by Gasteiger charge is 2.36. The SMILES string of the molecule is C[C@H]1CCCN(c2ccc(C(=O)OCC(=O)Nc3ccc([N+](=O)[O-])cc3C(F)(F)F)cc2[N+](=O)[O-])C1. The summed E-state index contributed by atoms with van der Waals surface area (Å²) in [5, 5.41) is 24.3. The number of carbonyl (C=O) groups is 2. The topological polar surface area (TPSA) is 145 Å². The summed E-state index contributed by atoms with van der Waals surface area (Å²) < 4.78 is 44.6. The number of nitro benzene ring substituents is 2. The summed E-state index contributed by atoms with van der Waals surface area (Å²) in [4.78, 5) is 47.1. The van der Waals surface area contributed by atoms with Gasteiger partial charge in [0.05, 0.1) is 26.7 Å². The normalized spacial score (nSPS) is 15.8. The second-order valence-electron chi connectivity index (χ2n) is 8.26. The van der Waals surface area contributed by atoms with Crippen molar-refractivity contribution < 1.29 is 37.3 Å². The van der Waals surface area contributed by atoms with Crippen molar-refractivity contribution in [2.45, 2.75) is 25.9 Å². The molecule has 0 radical (unpaired) electrons. The summed E-state index contributed by atoms with van der Waals surface area (Å²) in [6.45, 7) is 2.28. The highest BCUT2D eigenvalue weighted by atomic mass is 19.4. The summed E-state index contributed by atoms with van der Waals surface area (Å²) in [6, 6.07) is 5.50. The summed E-state index contributed by atoms with van der Waals surface area (Å²) in [6.07, 6.45) is -3.14. The molecule has 1 heterocycles. The molecule has 1 fully saturated rings. The van der Waals surface area contributed by atoms with E-state index in [9.17, 15) is 43.0 Å². The largest absolute Gasteiger partial charge is 0.452 e. The van der Waals surface area contributed by atoms with Crippen LogP contribution in [0.3, 0.4) is 0 Å². The number of alkyl halides is 3. The summed E-state index contributed by atoms with van der Waals surface area (Å²) in [5.41, 5.74) is -3.22. The van der Waals surface area contributed by atoms with Gasteiger partial charge < -0.3 is 15.0 Å². The number of halogens is 3. The molecule has 11 nitrogen and oxygen atoms in total. The van der Waals surface area contributed by atoms with E-state index in [0.29, 0.717) is 30.8 Å². The van der Waals surface area contributed by atoms with Crippen LogP contribution in [0.5, 0.6) is 0 Å². The van der Waals surface area contributed by atoms with Crippen LogP contribution in [0.25, 0.3) is 0 Å². The number of piperidine rings is 1. The Morgan fingerprint density at radius 2 is 1.86 bits per heavy atom. The average Bonchev–Trinajstić information content (AvgIpc) is 2.81.